The van der Waals surface area contributed by atoms with Gasteiger partial charge in [0.25, 0.3) is 0 Å². The number of nitrogens with zero attached hydrogens (tertiary/aromatic N) is 2. The maximum Gasteiger partial charge on any atom is 0.222 e. The average molecular weight is 345 g/mol. The molecule has 0 aromatic heterocycles. The third-order valence-corrected chi connectivity index (χ3v) is 5.87. The summed E-state index contributed by atoms with van der Waals surface area (Å²) in [5.41, 5.74) is 0.718. The fourth-order valence-corrected chi connectivity index (χ4v) is 4.22. The molecule has 0 bridgehead atoms. The van der Waals surface area contributed by atoms with Gasteiger partial charge in [-0.05, 0) is 24.1 Å². The summed E-state index contributed by atoms with van der Waals surface area (Å²) < 4.78 is 26.5. The van der Waals surface area contributed by atoms with Gasteiger partial charge < -0.3 is 4.90 Å². The van der Waals surface area contributed by atoms with E-state index in [1.54, 1.807) is 29.2 Å². The second-order valence-electron chi connectivity index (χ2n) is 5.37. The minimum atomic E-state index is -3.38. The molecule has 1 heterocycles. The summed E-state index contributed by atoms with van der Waals surface area (Å²) in [5, 5.41) is 0.588. The molecule has 0 atom stereocenters. The van der Waals surface area contributed by atoms with Crippen molar-refractivity contribution >= 4 is 27.5 Å². The summed E-state index contributed by atoms with van der Waals surface area (Å²) >= 11 is 5.82. The number of carbonyl (C=O) groups is 1. The number of amides is 1. The lowest BCUT2D eigenvalue weighted by Gasteiger charge is -2.21. The fraction of sp³-hybridized carbons (Fsp3) is 0.533. The molecule has 0 saturated carbocycles. The lowest BCUT2D eigenvalue weighted by atomic mass is 10.2. The van der Waals surface area contributed by atoms with Crippen molar-refractivity contribution in [1.82, 2.24) is 9.21 Å². The van der Waals surface area contributed by atoms with E-state index in [2.05, 4.69) is 0 Å². The van der Waals surface area contributed by atoms with Crippen LogP contribution in [-0.2, 0) is 20.6 Å². The Kier molecular flexibility index (Phi) is 5.83. The Bertz CT molecular complexity index is 616. The third-order valence-electron chi connectivity index (χ3n) is 3.77. The van der Waals surface area contributed by atoms with Crippen molar-refractivity contribution in [1.29, 1.82) is 0 Å². The molecule has 22 heavy (non-hydrogen) atoms. The largest absolute Gasteiger partial charge is 0.341 e. The second-order valence-corrected chi connectivity index (χ2v) is 7.77. The van der Waals surface area contributed by atoms with E-state index in [9.17, 15) is 13.2 Å². The Balaban J connectivity index is 2.03. The first-order valence-electron chi connectivity index (χ1n) is 7.42. The molecule has 0 radical (unpaired) electrons. The molecule has 7 heteroatoms. The van der Waals surface area contributed by atoms with Crippen LogP contribution in [0.4, 0.5) is 0 Å². The summed E-state index contributed by atoms with van der Waals surface area (Å²) in [4.78, 5) is 13.5. The van der Waals surface area contributed by atoms with Gasteiger partial charge in [-0.25, -0.2) is 8.42 Å². The van der Waals surface area contributed by atoms with Crippen LogP contribution in [0.1, 0.15) is 25.3 Å². The Hall–Kier alpha value is -1.11. The SMILES string of the molecule is CCC(=O)N1CCCN(S(=O)(=O)Cc2ccc(Cl)cc2)CC1. The van der Waals surface area contributed by atoms with Crippen molar-refractivity contribution in [3.63, 3.8) is 0 Å². The molecule has 0 spiro atoms. The number of hydrogen-bond donors (Lipinski definition) is 0. The molecule has 2 rings (SSSR count). The van der Waals surface area contributed by atoms with Gasteiger partial charge >= 0.3 is 0 Å². The van der Waals surface area contributed by atoms with Gasteiger partial charge in [0.1, 0.15) is 0 Å². The molecule has 122 valence electrons. The van der Waals surface area contributed by atoms with Crippen LogP contribution < -0.4 is 0 Å². The number of halogens is 1. The Morgan fingerprint density at radius 3 is 2.45 bits per heavy atom. The van der Waals surface area contributed by atoms with Gasteiger partial charge in [0.05, 0.1) is 5.75 Å². The Labute approximate surface area is 136 Å². The van der Waals surface area contributed by atoms with Gasteiger partial charge in [-0.2, -0.15) is 4.31 Å². The topological polar surface area (TPSA) is 57.7 Å². The molecule has 1 saturated heterocycles. The maximum atomic E-state index is 12.5. The van der Waals surface area contributed by atoms with Gasteiger partial charge in [0, 0.05) is 37.6 Å². The molecule has 0 unspecified atom stereocenters. The number of carbonyl (C=O) groups excluding carboxylic acids is 1. The van der Waals surface area contributed by atoms with E-state index in [0.717, 1.165) is 5.56 Å². The summed E-state index contributed by atoms with van der Waals surface area (Å²) in [5.74, 6) is 0.0447. The van der Waals surface area contributed by atoms with E-state index in [4.69, 9.17) is 11.6 Å². The first-order valence-corrected chi connectivity index (χ1v) is 9.41. The van der Waals surface area contributed by atoms with E-state index in [0.29, 0.717) is 44.0 Å². The minimum Gasteiger partial charge on any atom is -0.341 e. The molecule has 0 N–H and O–H groups in total. The molecule has 5 nitrogen and oxygen atoms in total. The minimum absolute atomic E-state index is 0.0358. The third kappa shape index (κ3) is 4.44. The van der Waals surface area contributed by atoms with Crippen LogP contribution in [0, 0.1) is 0 Å². The zero-order valence-electron chi connectivity index (χ0n) is 12.7. The summed E-state index contributed by atoms with van der Waals surface area (Å²) in [6.07, 6.45) is 1.13. The molecule has 1 aromatic rings. The monoisotopic (exact) mass is 344 g/mol. The van der Waals surface area contributed by atoms with E-state index < -0.39 is 10.0 Å². The van der Waals surface area contributed by atoms with Crippen molar-refractivity contribution in [2.75, 3.05) is 26.2 Å². The molecular formula is C15H21ClN2O3S. The molecule has 1 aliphatic heterocycles. The lowest BCUT2D eigenvalue weighted by Crippen LogP contribution is -2.37. The molecule has 1 fully saturated rings. The normalized spacial score (nSPS) is 17.3. The Morgan fingerprint density at radius 1 is 1.14 bits per heavy atom. The molecule has 1 aliphatic rings. The first-order chi connectivity index (χ1) is 10.4. The van der Waals surface area contributed by atoms with Crippen LogP contribution in [0.3, 0.4) is 0 Å². The smallest absolute Gasteiger partial charge is 0.222 e. The Morgan fingerprint density at radius 2 is 1.82 bits per heavy atom. The summed E-state index contributed by atoms with van der Waals surface area (Å²) in [7, 11) is -3.38. The van der Waals surface area contributed by atoms with Crippen molar-refractivity contribution in [3.8, 4) is 0 Å². The number of benzene rings is 1. The lowest BCUT2D eigenvalue weighted by molar-refractivity contribution is -0.130. The van der Waals surface area contributed by atoms with E-state index in [-0.39, 0.29) is 11.7 Å². The van der Waals surface area contributed by atoms with Crippen molar-refractivity contribution in [2.45, 2.75) is 25.5 Å². The molecule has 1 aromatic carbocycles. The van der Waals surface area contributed by atoms with Crippen LogP contribution in [0.15, 0.2) is 24.3 Å². The van der Waals surface area contributed by atoms with Crippen LogP contribution >= 0.6 is 11.6 Å². The quantitative estimate of drug-likeness (QED) is 0.840. The van der Waals surface area contributed by atoms with Gasteiger partial charge in [-0.15, -0.1) is 0 Å². The van der Waals surface area contributed by atoms with Crippen LogP contribution in [0.5, 0.6) is 0 Å². The predicted octanol–water partition coefficient (Wildman–Crippen LogP) is 2.11. The van der Waals surface area contributed by atoms with Crippen LogP contribution in [0.25, 0.3) is 0 Å². The van der Waals surface area contributed by atoms with Gasteiger partial charge in [-0.3, -0.25) is 4.79 Å². The zero-order chi connectivity index (χ0) is 16.2. The van der Waals surface area contributed by atoms with Crippen molar-refractivity contribution in [3.05, 3.63) is 34.9 Å². The van der Waals surface area contributed by atoms with E-state index >= 15 is 0 Å². The number of rotatable bonds is 4. The molecular weight excluding hydrogens is 324 g/mol. The summed E-state index contributed by atoms with van der Waals surface area (Å²) in [6, 6.07) is 6.84. The van der Waals surface area contributed by atoms with Gasteiger partial charge in [-0.1, -0.05) is 30.7 Å². The van der Waals surface area contributed by atoms with Crippen LogP contribution in [0.2, 0.25) is 5.02 Å². The number of hydrogen-bond acceptors (Lipinski definition) is 3. The standard InChI is InChI=1S/C15H21ClN2O3S/c1-2-15(19)17-8-3-9-18(11-10-17)22(20,21)12-13-4-6-14(16)7-5-13/h4-7H,2-3,8-12H2,1H3. The van der Waals surface area contributed by atoms with E-state index in [1.165, 1.54) is 4.31 Å². The van der Waals surface area contributed by atoms with Crippen molar-refractivity contribution < 1.29 is 13.2 Å². The highest BCUT2D eigenvalue weighted by molar-refractivity contribution is 7.88. The van der Waals surface area contributed by atoms with Crippen LogP contribution in [-0.4, -0.2) is 49.7 Å². The average Bonchev–Trinajstić information content (AvgIpc) is 2.75. The molecule has 0 aliphatic carbocycles. The maximum absolute atomic E-state index is 12.5. The predicted molar refractivity (Wildman–Crippen MR) is 87.1 cm³/mol. The highest BCUT2D eigenvalue weighted by Gasteiger charge is 2.26. The fourth-order valence-electron chi connectivity index (χ4n) is 2.53. The summed E-state index contributed by atoms with van der Waals surface area (Å²) in [6.45, 7) is 3.74. The van der Waals surface area contributed by atoms with Crippen molar-refractivity contribution in [2.24, 2.45) is 0 Å². The number of sulfonamides is 1. The van der Waals surface area contributed by atoms with Gasteiger partial charge in [0.2, 0.25) is 15.9 Å². The molecule has 1 amide bonds. The van der Waals surface area contributed by atoms with E-state index in [1.807, 2.05) is 6.92 Å². The second kappa shape index (κ2) is 7.44. The highest BCUT2D eigenvalue weighted by atomic mass is 35.5. The first kappa shape index (κ1) is 17.2. The zero-order valence-corrected chi connectivity index (χ0v) is 14.2. The van der Waals surface area contributed by atoms with Gasteiger partial charge in [0.15, 0.2) is 0 Å². The highest BCUT2D eigenvalue weighted by Crippen LogP contribution is 2.16.